The SMILES string of the molecule is CC[C@H](C)NC(=O)[C@H](C)N(Cc1ccc(OC)cc1)C(=O)CN(c1ccc(Br)cc1)S(=O)(=O)c1ccccc1. The number of hydrogen-bond donors (Lipinski definition) is 1. The smallest absolute Gasteiger partial charge is 0.264 e. The van der Waals surface area contributed by atoms with E-state index in [9.17, 15) is 18.0 Å². The summed E-state index contributed by atoms with van der Waals surface area (Å²) < 4.78 is 34.6. The van der Waals surface area contributed by atoms with Crippen LogP contribution in [0.2, 0.25) is 0 Å². The molecule has 1 N–H and O–H groups in total. The number of amides is 2. The van der Waals surface area contributed by atoms with Crippen LogP contribution >= 0.6 is 15.9 Å². The molecule has 0 fully saturated rings. The van der Waals surface area contributed by atoms with Gasteiger partial charge in [0.2, 0.25) is 11.8 Å². The third kappa shape index (κ3) is 7.83. The third-order valence-electron chi connectivity index (χ3n) is 6.40. The van der Waals surface area contributed by atoms with Gasteiger partial charge in [-0.3, -0.25) is 13.9 Å². The zero-order valence-corrected chi connectivity index (χ0v) is 24.9. The maximum atomic E-state index is 13.9. The summed E-state index contributed by atoms with van der Waals surface area (Å²) in [6, 6.07) is 20.9. The van der Waals surface area contributed by atoms with Crippen molar-refractivity contribution in [3.63, 3.8) is 0 Å². The van der Waals surface area contributed by atoms with Gasteiger partial charge in [-0.1, -0.05) is 53.2 Å². The van der Waals surface area contributed by atoms with Crippen molar-refractivity contribution in [3.8, 4) is 5.75 Å². The number of nitrogens with zero attached hydrogens (tertiary/aromatic N) is 2. The maximum Gasteiger partial charge on any atom is 0.264 e. The van der Waals surface area contributed by atoms with E-state index < -0.39 is 28.5 Å². The van der Waals surface area contributed by atoms with E-state index in [4.69, 9.17) is 4.74 Å². The van der Waals surface area contributed by atoms with Crippen molar-refractivity contribution in [3.05, 3.63) is 88.9 Å². The van der Waals surface area contributed by atoms with Crippen LogP contribution in [0.15, 0.2) is 88.2 Å². The Balaban J connectivity index is 2.00. The van der Waals surface area contributed by atoms with Gasteiger partial charge in [-0.2, -0.15) is 0 Å². The normalized spacial score (nSPS) is 12.7. The lowest BCUT2D eigenvalue weighted by Gasteiger charge is -2.32. The highest BCUT2D eigenvalue weighted by Gasteiger charge is 2.32. The van der Waals surface area contributed by atoms with Gasteiger partial charge < -0.3 is 15.0 Å². The summed E-state index contributed by atoms with van der Waals surface area (Å²) in [5.74, 6) is -0.165. The van der Waals surface area contributed by atoms with Gasteiger partial charge in [0.15, 0.2) is 0 Å². The zero-order chi connectivity index (χ0) is 28.6. The van der Waals surface area contributed by atoms with Crippen molar-refractivity contribution in [2.75, 3.05) is 18.0 Å². The topological polar surface area (TPSA) is 96.0 Å². The molecule has 3 aromatic rings. The number of hydrogen-bond acceptors (Lipinski definition) is 5. The molecule has 8 nitrogen and oxygen atoms in total. The first-order valence-electron chi connectivity index (χ1n) is 12.6. The number of ether oxygens (including phenoxy) is 1. The summed E-state index contributed by atoms with van der Waals surface area (Å²) in [6.45, 7) is 5.12. The Labute approximate surface area is 239 Å². The molecule has 0 aliphatic heterocycles. The van der Waals surface area contributed by atoms with Crippen LogP contribution in [0.3, 0.4) is 0 Å². The quantitative estimate of drug-likeness (QED) is 0.310. The minimum atomic E-state index is -4.09. The molecule has 0 bridgehead atoms. The minimum absolute atomic E-state index is 0.0602. The molecule has 0 saturated heterocycles. The highest BCUT2D eigenvalue weighted by atomic mass is 79.9. The molecule has 3 rings (SSSR count). The van der Waals surface area contributed by atoms with E-state index in [0.717, 1.165) is 20.8 Å². The molecular weight excluding hydrogens is 582 g/mol. The predicted octanol–water partition coefficient (Wildman–Crippen LogP) is 4.99. The molecular formula is C29H34BrN3O5S. The third-order valence-corrected chi connectivity index (χ3v) is 8.72. The Hall–Kier alpha value is -3.37. The lowest BCUT2D eigenvalue weighted by Crippen LogP contribution is -2.52. The number of carbonyl (C=O) groups is 2. The van der Waals surface area contributed by atoms with E-state index in [-0.39, 0.29) is 23.4 Å². The Morgan fingerprint density at radius 3 is 2.13 bits per heavy atom. The van der Waals surface area contributed by atoms with Crippen LogP contribution in [0, 0.1) is 0 Å². The summed E-state index contributed by atoms with van der Waals surface area (Å²) in [5, 5.41) is 2.93. The first-order chi connectivity index (χ1) is 18.6. The van der Waals surface area contributed by atoms with Crippen LogP contribution in [0.1, 0.15) is 32.8 Å². The summed E-state index contributed by atoms with van der Waals surface area (Å²) in [4.78, 5) is 28.5. The van der Waals surface area contributed by atoms with Gasteiger partial charge in [-0.25, -0.2) is 8.42 Å². The zero-order valence-electron chi connectivity index (χ0n) is 22.5. The molecule has 0 unspecified atom stereocenters. The number of sulfonamides is 1. The minimum Gasteiger partial charge on any atom is -0.497 e. The number of halogens is 1. The molecule has 39 heavy (non-hydrogen) atoms. The lowest BCUT2D eigenvalue weighted by atomic mass is 10.1. The van der Waals surface area contributed by atoms with Gasteiger partial charge in [0.25, 0.3) is 10.0 Å². The fourth-order valence-corrected chi connectivity index (χ4v) is 5.53. The number of anilines is 1. The van der Waals surface area contributed by atoms with E-state index >= 15 is 0 Å². The molecule has 0 aliphatic rings. The summed E-state index contributed by atoms with van der Waals surface area (Å²) in [6.07, 6.45) is 0.734. The molecule has 208 valence electrons. The van der Waals surface area contributed by atoms with Gasteiger partial charge in [0.1, 0.15) is 18.3 Å². The van der Waals surface area contributed by atoms with E-state index in [1.807, 2.05) is 26.0 Å². The van der Waals surface area contributed by atoms with Crippen molar-refractivity contribution >= 4 is 43.5 Å². The number of nitrogens with one attached hydrogen (secondary N) is 1. The van der Waals surface area contributed by atoms with Crippen molar-refractivity contribution in [2.45, 2.75) is 50.7 Å². The lowest BCUT2D eigenvalue weighted by molar-refractivity contribution is -0.139. The molecule has 0 aromatic heterocycles. The molecule has 2 amide bonds. The second-order valence-electron chi connectivity index (χ2n) is 9.16. The van der Waals surface area contributed by atoms with Gasteiger partial charge >= 0.3 is 0 Å². The summed E-state index contributed by atoms with van der Waals surface area (Å²) >= 11 is 3.38. The Morgan fingerprint density at radius 2 is 1.56 bits per heavy atom. The first-order valence-corrected chi connectivity index (χ1v) is 14.9. The Bertz CT molecular complexity index is 1350. The van der Waals surface area contributed by atoms with Crippen LogP contribution in [0.5, 0.6) is 5.75 Å². The van der Waals surface area contributed by atoms with E-state index in [1.165, 1.54) is 17.0 Å². The van der Waals surface area contributed by atoms with Gasteiger partial charge in [-0.15, -0.1) is 0 Å². The van der Waals surface area contributed by atoms with E-state index in [0.29, 0.717) is 11.4 Å². The van der Waals surface area contributed by atoms with Crippen LogP contribution in [-0.4, -0.2) is 50.9 Å². The highest BCUT2D eigenvalue weighted by molar-refractivity contribution is 9.10. The molecule has 0 heterocycles. The predicted molar refractivity (Wildman–Crippen MR) is 156 cm³/mol. The van der Waals surface area contributed by atoms with Crippen molar-refractivity contribution in [1.82, 2.24) is 10.2 Å². The average Bonchev–Trinajstić information content (AvgIpc) is 2.95. The Morgan fingerprint density at radius 1 is 0.949 bits per heavy atom. The fourth-order valence-electron chi connectivity index (χ4n) is 3.83. The number of carbonyl (C=O) groups excluding carboxylic acids is 2. The fraction of sp³-hybridized carbons (Fsp3) is 0.310. The number of methoxy groups -OCH3 is 1. The summed E-state index contributed by atoms with van der Waals surface area (Å²) in [5.41, 5.74) is 1.10. The van der Waals surface area contributed by atoms with Gasteiger partial charge in [0, 0.05) is 17.1 Å². The monoisotopic (exact) mass is 615 g/mol. The van der Waals surface area contributed by atoms with Gasteiger partial charge in [-0.05, 0) is 74.4 Å². The highest BCUT2D eigenvalue weighted by Crippen LogP contribution is 2.26. The number of benzene rings is 3. The molecule has 10 heteroatoms. The van der Waals surface area contributed by atoms with Crippen LogP contribution in [0.4, 0.5) is 5.69 Å². The largest absolute Gasteiger partial charge is 0.497 e. The van der Waals surface area contributed by atoms with Crippen LogP contribution in [0.25, 0.3) is 0 Å². The van der Waals surface area contributed by atoms with Crippen molar-refractivity contribution < 1.29 is 22.7 Å². The molecule has 3 aromatic carbocycles. The summed E-state index contributed by atoms with van der Waals surface area (Å²) in [7, 11) is -2.53. The second kappa shape index (κ2) is 13.6. The van der Waals surface area contributed by atoms with Crippen molar-refractivity contribution in [1.29, 1.82) is 0 Å². The maximum absolute atomic E-state index is 13.9. The average molecular weight is 617 g/mol. The molecule has 0 aliphatic carbocycles. The first kappa shape index (κ1) is 30.2. The molecule has 2 atom stereocenters. The number of rotatable bonds is 12. The van der Waals surface area contributed by atoms with Crippen LogP contribution in [-0.2, 0) is 26.2 Å². The van der Waals surface area contributed by atoms with Crippen molar-refractivity contribution in [2.24, 2.45) is 0 Å². The van der Waals surface area contributed by atoms with Crippen LogP contribution < -0.4 is 14.4 Å². The molecule has 0 radical (unpaired) electrons. The van der Waals surface area contributed by atoms with Gasteiger partial charge in [0.05, 0.1) is 17.7 Å². The Kier molecular flexibility index (Phi) is 10.5. The molecule has 0 saturated carbocycles. The van der Waals surface area contributed by atoms with E-state index in [2.05, 4.69) is 21.2 Å². The molecule has 0 spiro atoms. The second-order valence-corrected chi connectivity index (χ2v) is 11.9. The standard InChI is InChI=1S/C29H34BrN3O5S/c1-5-21(2)31-29(35)22(3)32(19-23-11-17-26(38-4)18-12-23)28(34)20-33(25-15-13-24(30)14-16-25)39(36,37)27-9-7-6-8-10-27/h6-18,21-22H,5,19-20H2,1-4H3,(H,31,35)/t21-,22-/m0/s1. The van der Waals surface area contributed by atoms with E-state index in [1.54, 1.807) is 68.6 Å².